The first-order chi connectivity index (χ1) is 6.61. The molecule has 2 N–H and O–H groups in total. The molecule has 1 saturated heterocycles. The smallest absolute Gasteiger partial charge is 0.224 e. The molecule has 1 rings (SSSR count). The second-order valence-corrected chi connectivity index (χ2v) is 4.16. The van der Waals surface area contributed by atoms with Crippen molar-refractivity contribution in [2.75, 3.05) is 13.1 Å². The molecule has 0 radical (unpaired) electrons. The predicted octanol–water partition coefficient (Wildman–Crippen LogP) is 1.07. The molecule has 0 aromatic heterocycles. The second-order valence-electron chi connectivity index (χ2n) is 4.16. The number of nitrogens with one attached hydrogen (secondary N) is 2. The van der Waals surface area contributed by atoms with E-state index in [0.717, 1.165) is 13.0 Å². The monoisotopic (exact) mass is 196 g/mol. The fourth-order valence-corrected chi connectivity index (χ4v) is 1.70. The molecule has 1 fully saturated rings. The number of amides is 1. The molecule has 14 heavy (non-hydrogen) atoms. The topological polar surface area (TPSA) is 41.1 Å². The highest BCUT2D eigenvalue weighted by molar-refractivity contribution is 5.79. The minimum absolute atomic E-state index is 0.153. The maximum Gasteiger partial charge on any atom is 0.224 e. The molecule has 80 valence electrons. The van der Waals surface area contributed by atoms with Crippen LogP contribution in [0, 0.1) is 5.92 Å². The van der Waals surface area contributed by atoms with Crippen molar-refractivity contribution >= 4 is 5.91 Å². The van der Waals surface area contributed by atoms with Crippen molar-refractivity contribution in [3.8, 4) is 0 Å². The summed E-state index contributed by atoms with van der Waals surface area (Å²) < 4.78 is 0. The Morgan fingerprint density at radius 1 is 1.57 bits per heavy atom. The van der Waals surface area contributed by atoms with E-state index < -0.39 is 0 Å². The molecule has 0 bridgehead atoms. The van der Waals surface area contributed by atoms with E-state index in [0.29, 0.717) is 12.6 Å². The summed E-state index contributed by atoms with van der Waals surface area (Å²) in [5.74, 6) is 0.334. The summed E-state index contributed by atoms with van der Waals surface area (Å²) >= 11 is 0. The lowest BCUT2D eigenvalue weighted by molar-refractivity contribution is -0.124. The van der Waals surface area contributed by atoms with Crippen molar-refractivity contribution in [3.05, 3.63) is 11.6 Å². The molecule has 0 aromatic rings. The molecule has 0 aromatic carbocycles. The molecule has 1 aliphatic heterocycles. The van der Waals surface area contributed by atoms with Crippen LogP contribution in [0.4, 0.5) is 0 Å². The maximum absolute atomic E-state index is 11.7. The van der Waals surface area contributed by atoms with Gasteiger partial charge in [0, 0.05) is 12.6 Å². The van der Waals surface area contributed by atoms with Crippen LogP contribution < -0.4 is 10.6 Å². The summed E-state index contributed by atoms with van der Waals surface area (Å²) in [6.45, 7) is 7.75. The van der Waals surface area contributed by atoms with Gasteiger partial charge in [-0.2, -0.15) is 0 Å². The summed E-state index contributed by atoms with van der Waals surface area (Å²) in [4.78, 5) is 11.7. The summed E-state index contributed by atoms with van der Waals surface area (Å²) in [5.41, 5.74) is 1.24. The van der Waals surface area contributed by atoms with Gasteiger partial charge in [-0.05, 0) is 33.7 Å². The van der Waals surface area contributed by atoms with Crippen molar-refractivity contribution in [1.82, 2.24) is 10.6 Å². The summed E-state index contributed by atoms with van der Waals surface area (Å²) in [7, 11) is 0. The SMILES string of the molecule is CC(C)=CCNC(=O)C1CCNC1C. The van der Waals surface area contributed by atoms with E-state index in [4.69, 9.17) is 0 Å². The van der Waals surface area contributed by atoms with Gasteiger partial charge in [0.1, 0.15) is 0 Å². The Bertz CT molecular complexity index is 231. The zero-order valence-electron chi connectivity index (χ0n) is 9.26. The minimum Gasteiger partial charge on any atom is -0.352 e. The van der Waals surface area contributed by atoms with Crippen molar-refractivity contribution in [2.45, 2.75) is 33.2 Å². The van der Waals surface area contributed by atoms with Gasteiger partial charge in [0.25, 0.3) is 0 Å². The molecule has 0 aliphatic carbocycles. The van der Waals surface area contributed by atoms with Crippen LogP contribution in [0.1, 0.15) is 27.2 Å². The Labute approximate surface area is 86.0 Å². The maximum atomic E-state index is 11.7. The average molecular weight is 196 g/mol. The molecule has 1 amide bonds. The van der Waals surface area contributed by atoms with Gasteiger partial charge in [-0.15, -0.1) is 0 Å². The molecule has 1 heterocycles. The van der Waals surface area contributed by atoms with Gasteiger partial charge in [-0.25, -0.2) is 0 Å². The zero-order valence-corrected chi connectivity index (χ0v) is 9.26. The predicted molar refractivity (Wildman–Crippen MR) is 58.0 cm³/mol. The third kappa shape index (κ3) is 3.14. The average Bonchev–Trinajstić information content (AvgIpc) is 2.50. The number of rotatable bonds is 3. The number of allylic oxidation sites excluding steroid dienone is 1. The largest absolute Gasteiger partial charge is 0.352 e. The first kappa shape index (κ1) is 11.2. The van der Waals surface area contributed by atoms with E-state index >= 15 is 0 Å². The van der Waals surface area contributed by atoms with Crippen LogP contribution in [0.25, 0.3) is 0 Å². The molecule has 3 nitrogen and oxygen atoms in total. The van der Waals surface area contributed by atoms with E-state index in [-0.39, 0.29) is 11.8 Å². The second kappa shape index (κ2) is 5.15. The van der Waals surface area contributed by atoms with Crippen molar-refractivity contribution in [2.24, 2.45) is 5.92 Å². The fourth-order valence-electron chi connectivity index (χ4n) is 1.70. The van der Waals surface area contributed by atoms with Gasteiger partial charge in [0.15, 0.2) is 0 Å². The number of hydrogen-bond acceptors (Lipinski definition) is 2. The van der Waals surface area contributed by atoms with Crippen LogP contribution in [0.15, 0.2) is 11.6 Å². The van der Waals surface area contributed by atoms with Crippen LogP contribution in [0.5, 0.6) is 0 Å². The lowest BCUT2D eigenvalue weighted by Crippen LogP contribution is -2.36. The Morgan fingerprint density at radius 3 is 2.79 bits per heavy atom. The van der Waals surface area contributed by atoms with Gasteiger partial charge in [-0.1, -0.05) is 11.6 Å². The van der Waals surface area contributed by atoms with E-state index in [1.807, 2.05) is 19.9 Å². The number of hydrogen-bond donors (Lipinski definition) is 2. The molecule has 2 unspecified atom stereocenters. The van der Waals surface area contributed by atoms with Crippen molar-refractivity contribution in [1.29, 1.82) is 0 Å². The van der Waals surface area contributed by atoms with E-state index in [2.05, 4.69) is 17.6 Å². The van der Waals surface area contributed by atoms with Crippen molar-refractivity contribution in [3.63, 3.8) is 0 Å². The van der Waals surface area contributed by atoms with E-state index in [1.54, 1.807) is 0 Å². The van der Waals surface area contributed by atoms with Gasteiger partial charge in [0.05, 0.1) is 5.92 Å². The molecule has 0 saturated carbocycles. The number of carbonyl (C=O) groups is 1. The summed E-state index contributed by atoms with van der Waals surface area (Å²) in [6, 6.07) is 0.321. The summed E-state index contributed by atoms with van der Waals surface area (Å²) in [6.07, 6.45) is 2.99. The lowest BCUT2D eigenvalue weighted by atomic mass is 10.0. The first-order valence-electron chi connectivity index (χ1n) is 5.25. The third-order valence-electron chi connectivity index (χ3n) is 2.65. The molecule has 1 aliphatic rings. The van der Waals surface area contributed by atoms with Crippen LogP contribution >= 0.6 is 0 Å². The molecule has 2 atom stereocenters. The molecule has 3 heteroatoms. The number of carbonyl (C=O) groups excluding carboxylic acids is 1. The summed E-state index contributed by atoms with van der Waals surface area (Å²) in [5, 5.41) is 6.20. The van der Waals surface area contributed by atoms with Gasteiger partial charge in [0.2, 0.25) is 5.91 Å². The zero-order chi connectivity index (χ0) is 10.6. The van der Waals surface area contributed by atoms with Crippen LogP contribution in [0.3, 0.4) is 0 Å². The van der Waals surface area contributed by atoms with E-state index in [1.165, 1.54) is 5.57 Å². The van der Waals surface area contributed by atoms with Crippen molar-refractivity contribution < 1.29 is 4.79 Å². The Kier molecular flexibility index (Phi) is 4.14. The van der Waals surface area contributed by atoms with Crippen LogP contribution in [-0.2, 0) is 4.79 Å². The van der Waals surface area contributed by atoms with Crippen LogP contribution in [-0.4, -0.2) is 25.0 Å². The normalized spacial score (nSPS) is 25.9. The highest BCUT2D eigenvalue weighted by atomic mass is 16.1. The highest BCUT2D eigenvalue weighted by Gasteiger charge is 2.28. The van der Waals surface area contributed by atoms with Gasteiger partial charge < -0.3 is 10.6 Å². The van der Waals surface area contributed by atoms with Gasteiger partial charge >= 0.3 is 0 Å². The quantitative estimate of drug-likeness (QED) is 0.663. The first-order valence-corrected chi connectivity index (χ1v) is 5.25. The Hall–Kier alpha value is -0.830. The Balaban J connectivity index is 2.31. The Morgan fingerprint density at radius 2 is 2.29 bits per heavy atom. The lowest BCUT2D eigenvalue weighted by Gasteiger charge is -2.13. The fraction of sp³-hybridized carbons (Fsp3) is 0.727. The standard InChI is InChI=1S/C11H20N2O/c1-8(2)4-6-13-11(14)10-5-7-12-9(10)3/h4,9-10,12H,5-7H2,1-3H3,(H,13,14). The van der Waals surface area contributed by atoms with E-state index in [9.17, 15) is 4.79 Å². The minimum atomic E-state index is 0.153. The highest BCUT2D eigenvalue weighted by Crippen LogP contribution is 2.14. The molecule has 0 spiro atoms. The van der Waals surface area contributed by atoms with Crippen LogP contribution in [0.2, 0.25) is 0 Å². The van der Waals surface area contributed by atoms with Gasteiger partial charge in [-0.3, -0.25) is 4.79 Å². The molecular formula is C11H20N2O. The molecular weight excluding hydrogens is 176 g/mol. The third-order valence-corrected chi connectivity index (χ3v) is 2.65.